The van der Waals surface area contributed by atoms with Gasteiger partial charge in [-0.15, -0.1) is 0 Å². The first kappa shape index (κ1) is 48.4. The van der Waals surface area contributed by atoms with E-state index in [0.717, 1.165) is 57.8 Å². The van der Waals surface area contributed by atoms with Gasteiger partial charge < -0.3 is 9.84 Å². The van der Waals surface area contributed by atoms with Crippen molar-refractivity contribution in [2.24, 2.45) is 0 Å². The Morgan fingerprint density at radius 1 is 0.440 bits per heavy atom. The Labute approximate surface area is 312 Å². The number of unbranched alkanes of at least 4 members (excludes halogenated alkanes) is 28. The SMILES string of the molecule is CCCCC/C=C\C/C=C\CCCCCCCCCCCC(=O)OC(CCCCCCCCCCCCC)CCCCCCCCCC(=O)O. The first-order valence-electron chi connectivity index (χ1n) is 22.3. The summed E-state index contributed by atoms with van der Waals surface area (Å²) in [6.45, 7) is 4.54. The predicted molar refractivity (Wildman–Crippen MR) is 218 cm³/mol. The Bertz CT molecular complexity index is 757. The molecular weight excluding hydrogens is 617 g/mol. The lowest BCUT2D eigenvalue weighted by atomic mass is 10.0. The van der Waals surface area contributed by atoms with Crippen molar-refractivity contribution < 1.29 is 19.4 Å². The van der Waals surface area contributed by atoms with Gasteiger partial charge in [-0.2, -0.15) is 0 Å². The molecule has 0 bridgehead atoms. The van der Waals surface area contributed by atoms with Crippen LogP contribution in [0, 0.1) is 0 Å². The van der Waals surface area contributed by atoms with Crippen molar-refractivity contribution >= 4 is 11.9 Å². The summed E-state index contributed by atoms with van der Waals surface area (Å²) in [5, 5.41) is 8.79. The zero-order chi connectivity index (χ0) is 36.4. The van der Waals surface area contributed by atoms with Crippen molar-refractivity contribution in [2.75, 3.05) is 0 Å². The second-order valence-electron chi connectivity index (χ2n) is 15.2. The summed E-state index contributed by atoms with van der Waals surface area (Å²) in [4.78, 5) is 23.4. The molecule has 294 valence electrons. The van der Waals surface area contributed by atoms with Gasteiger partial charge in [-0.3, -0.25) is 9.59 Å². The Morgan fingerprint density at radius 3 is 1.22 bits per heavy atom. The highest BCUT2D eigenvalue weighted by atomic mass is 16.5. The first-order valence-corrected chi connectivity index (χ1v) is 22.3. The summed E-state index contributed by atoms with van der Waals surface area (Å²) >= 11 is 0. The van der Waals surface area contributed by atoms with Gasteiger partial charge in [-0.1, -0.05) is 192 Å². The van der Waals surface area contributed by atoms with E-state index in [9.17, 15) is 9.59 Å². The number of carbonyl (C=O) groups excluding carboxylic acids is 1. The van der Waals surface area contributed by atoms with Crippen LogP contribution in [-0.2, 0) is 14.3 Å². The Kier molecular flexibility index (Phi) is 40.5. The summed E-state index contributed by atoms with van der Waals surface area (Å²) < 4.78 is 6.06. The maximum atomic E-state index is 12.7. The van der Waals surface area contributed by atoms with Gasteiger partial charge in [0.1, 0.15) is 6.10 Å². The van der Waals surface area contributed by atoms with Crippen LogP contribution in [0.2, 0.25) is 0 Å². The quantitative estimate of drug-likeness (QED) is 0.0391. The minimum absolute atomic E-state index is 0.0218. The van der Waals surface area contributed by atoms with Crippen LogP contribution < -0.4 is 0 Å². The molecule has 1 unspecified atom stereocenters. The summed E-state index contributed by atoms with van der Waals surface area (Å²) in [7, 11) is 0. The van der Waals surface area contributed by atoms with E-state index < -0.39 is 5.97 Å². The van der Waals surface area contributed by atoms with Gasteiger partial charge >= 0.3 is 11.9 Å². The Balaban J connectivity index is 4.00. The third-order valence-electron chi connectivity index (χ3n) is 10.2. The van der Waals surface area contributed by atoms with E-state index in [1.54, 1.807) is 0 Å². The van der Waals surface area contributed by atoms with Crippen LogP contribution in [0.15, 0.2) is 24.3 Å². The highest BCUT2D eigenvalue weighted by molar-refractivity contribution is 5.69. The molecule has 0 aromatic rings. The molecule has 4 heteroatoms. The topological polar surface area (TPSA) is 63.6 Å². The van der Waals surface area contributed by atoms with Crippen LogP contribution >= 0.6 is 0 Å². The molecular formula is C46H86O4. The van der Waals surface area contributed by atoms with Gasteiger partial charge in [0, 0.05) is 12.8 Å². The molecule has 0 rings (SSSR count). The molecule has 1 atom stereocenters. The number of hydrogen-bond donors (Lipinski definition) is 1. The van der Waals surface area contributed by atoms with E-state index in [1.807, 2.05) is 0 Å². The summed E-state index contributed by atoms with van der Waals surface area (Å²) in [5.41, 5.74) is 0. The molecule has 0 aromatic heterocycles. The molecule has 0 radical (unpaired) electrons. The Hall–Kier alpha value is -1.58. The van der Waals surface area contributed by atoms with Crippen LogP contribution in [0.5, 0.6) is 0 Å². The zero-order valence-electron chi connectivity index (χ0n) is 33.7. The van der Waals surface area contributed by atoms with Crippen molar-refractivity contribution in [3.63, 3.8) is 0 Å². The molecule has 0 aliphatic carbocycles. The maximum absolute atomic E-state index is 12.7. The predicted octanol–water partition coefficient (Wildman–Crippen LogP) is 15.6. The number of ether oxygens (including phenoxy) is 1. The smallest absolute Gasteiger partial charge is 0.306 e. The largest absolute Gasteiger partial charge is 0.481 e. The fourth-order valence-electron chi connectivity index (χ4n) is 6.86. The van der Waals surface area contributed by atoms with E-state index in [0.29, 0.717) is 12.8 Å². The molecule has 50 heavy (non-hydrogen) atoms. The van der Waals surface area contributed by atoms with Crippen LogP contribution in [-0.4, -0.2) is 23.1 Å². The molecule has 0 saturated heterocycles. The van der Waals surface area contributed by atoms with Crippen LogP contribution in [0.25, 0.3) is 0 Å². The average Bonchev–Trinajstić information content (AvgIpc) is 3.10. The van der Waals surface area contributed by atoms with Crippen molar-refractivity contribution in [3.8, 4) is 0 Å². The molecule has 0 aliphatic heterocycles. The number of aliphatic carboxylic acids is 1. The lowest BCUT2D eigenvalue weighted by Crippen LogP contribution is -2.18. The van der Waals surface area contributed by atoms with Crippen molar-refractivity contribution in [2.45, 2.75) is 258 Å². The number of esters is 1. The molecule has 0 spiro atoms. The van der Waals surface area contributed by atoms with Gasteiger partial charge in [0.25, 0.3) is 0 Å². The first-order chi connectivity index (χ1) is 24.6. The molecule has 0 aromatic carbocycles. The Morgan fingerprint density at radius 2 is 0.780 bits per heavy atom. The van der Waals surface area contributed by atoms with Crippen LogP contribution in [0.1, 0.15) is 251 Å². The number of rotatable bonds is 41. The molecule has 1 N–H and O–H groups in total. The highest BCUT2D eigenvalue weighted by Crippen LogP contribution is 2.19. The molecule has 0 fully saturated rings. The van der Waals surface area contributed by atoms with Gasteiger partial charge in [0.15, 0.2) is 0 Å². The van der Waals surface area contributed by atoms with E-state index >= 15 is 0 Å². The molecule has 0 aliphatic rings. The third kappa shape index (κ3) is 40.8. The van der Waals surface area contributed by atoms with Gasteiger partial charge in [0.2, 0.25) is 0 Å². The van der Waals surface area contributed by atoms with Crippen molar-refractivity contribution in [3.05, 3.63) is 24.3 Å². The number of hydrogen-bond acceptors (Lipinski definition) is 3. The van der Waals surface area contributed by atoms with Gasteiger partial charge in [-0.05, 0) is 70.6 Å². The number of allylic oxidation sites excluding steroid dienone is 4. The van der Waals surface area contributed by atoms with Crippen LogP contribution in [0.4, 0.5) is 0 Å². The molecule has 4 nitrogen and oxygen atoms in total. The van der Waals surface area contributed by atoms with E-state index in [2.05, 4.69) is 38.2 Å². The normalized spacial score (nSPS) is 12.4. The van der Waals surface area contributed by atoms with E-state index in [4.69, 9.17) is 9.84 Å². The second-order valence-corrected chi connectivity index (χ2v) is 15.2. The summed E-state index contributed by atoms with van der Waals surface area (Å²) in [5.74, 6) is -0.663. The lowest BCUT2D eigenvalue weighted by Gasteiger charge is -2.18. The summed E-state index contributed by atoms with van der Waals surface area (Å²) in [6.07, 6.45) is 53.5. The average molecular weight is 703 g/mol. The van der Waals surface area contributed by atoms with E-state index in [-0.39, 0.29) is 12.1 Å². The number of carbonyl (C=O) groups is 2. The molecule has 0 heterocycles. The number of carboxylic acids is 1. The highest BCUT2D eigenvalue weighted by Gasteiger charge is 2.14. The number of carboxylic acid groups (broad SMARTS) is 1. The fourth-order valence-corrected chi connectivity index (χ4v) is 6.86. The minimum Gasteiger partial charge on any atom is -0.481 e. The monoisotopic (exact) mass is 703 g/mol. The van der Waals surface area contributed by atoms with Crippen molar-refractivity contribution in [1.82, 2.24) is 0 Å². The van der Waals surface area contributed by atoms with Gasteiger partial charge in [-0.25, -0.2) is 0 Å². The molecule has 0 amide bonds. The molecule has 0 saturated carbocycles. The zero-order valence-corrected chi connectivity index (χ0v) is 33.7. The lowest BCUT2D eigenvalue weighted by molar-refractivity contribution is -0.150. The van der Waals surface area contributed by atoms with Crippen molar-refractivity contribution in [1.29, 1.82) is 0 Å². The third-order valence-corrected chi connectivity index (χ3v) is 10.2. The fraction of sp³-hybridized carbons (Fsp3) is 0.870. The van der Waals surface area contributed by atoms with Crippen LogP contribution in [0.3, 0.4) is 0 Å². The maximum Gasteiger partial charge on any atom is 0.306 e. The van der Waals surface area contributed by atoms with E-state index in [1.165, 1.54) is 167 Å². The summed E-state index contributed by atoms with van der Waals surface area (Å²) in [6, 6.07) is 0. The second kappa shape index (κ2) is 41.8. The minimum atomic E-state index is -0.684. The van der Waals surface area contributed by atoms with Gasteiger partial charge in [0.05, 0.1) is 0 Å². The standard InChI is InChI=1S/C46H86O4/c1-3-5-7-9-11-13-15-16-17-18-19-20-21-22-24-26-31-35-39-43-46(49)50-44(41-37-33-29-27-30-34-38-42-45(47)48)40-36-32-28-25-23-14-12-10-8-6-4-2/h11,13,16-17,44H,3-10,12,14-15,18-43H2,1-2H3,(H,47,48)/b13-11-,17-16-.